The zero-order valence-corrected chi connectivity index (χ0v) is 10.1. The minimum atomic E-state index is 0.203. The molecule has 0 aliphatic heterocycles. The van der Waals surface area contributed by atoms with E-state index in [0.29, 0.717) is 17.1 Å². The molecule has 0 bridgehead atoms. The molecule has 2 rings (SSSR count). The van der Waals surface area contributed by atoms with Crippen molar-refractivity contribution in [3.05, 3.63) is 6.07 Å². The molecule has 0 aromatic carbocycles. The van der Waals surface area contributed by atoms with Crippen LogP contribution in [-0.2, 0) is 4.74 Å². The van der Waals surface area contributed by atoms with Crippen LogP contribution in [0.3, 0.4) is 0 Å². The molecule has 6 nitrogen and oxygen atoms in total. The highest BCUT2D eigenvalue weighted by molar-refractivity contribution is 5.48. The van der Waals surface area contributed by atoms with Crippen LogP contribution in [0.15, 0.2) is 6.07 Å². The lowest BCUT2D eigenvalue weighted by atomic mass is 10.0. The van der Waals surface area contributed by atoms with Crippen molar-refractivity contribution in [1.82, 2.24) is 9.97 Å². The van der Waals surface area contributed by atoms with Gasteiger partial charge in [0, 0.05) is 26.3 Å². The predicted octanol–water partition coefficient (Wildman–Crippen LogP) is 0.870. The van der Waals surface area contributed by atoms with Crippen LogP contribution in [0.5, 0.6) is 0 Å². The molecule has 17 heavy (non-hydrogen) atoms. The van der Waals surface area contributed by atoms with Gasteiger partial charge < -0.3 is 21.5 Å². The summed E-state index contributed by atoms with van der Waals surface area (Å²) in [6, 6.07) is 1.70. The molecule has 0 saturated heterocycles. The third-order valence-electron chi connectivity index (χ3n) is 3.20. The van der Waals surface area contributed by atoms with Crippen LogP contribution >= 0.6 is 0 Å². The van der Waals surface area contributed by atoms with Gasteiger partial charge in [0.1, 0.15) is 11.6 Å². The first kappa shape index (κ1) is 11.9. The van der Waals surface area contributed by atoms with Crippen molar-refractivity contribution in [3.63, 3.8) is 0 Å². The normalized spacial score (nSPS) is 16.8. The largest absolute Gasteiger partial charge is 0.385 e. The van der Waals surface area contributed by atoms with E-state index in [2.05, 4.69) is 15.3 Å². The number of rotatable bonds is 6. The first-order valence-corrected chi connectivity index (χ1v) is 5.76. The van der Waals surface area contributed by atoms with Gasteiger partial charge >= 0.3 is 0 Å². The predicted molar refractivity (Wildman–Crippen MR) is 67.5 cm³/mol. The Morgan fingerprint density at radius 3 is 2.76 bits per heavy atom. The Hall–Kier alpha value is -1.56. The van der Waals surface area contributed by atoms with E-state index in [1.54, 1.807) is 13.2 Å². The lowest BCUT2D eigenvalue weighted by Gasteiger charge is -2.16. The molecule has 1 aliphatic carbocycles. The summed E-state index contributed by atoms with van der Waals surface area (Å²) in [5, 5.41) is 3.27. The van der Waals surface area contributed by atoms with Crippen molar-refractivity contribution < 1.29 is 4.74 Å². The van der Waals surface area contributed by atoms with Crippen molar-refractivity contribution in [1.29, 1.82) is 0 Å². The quantitative estimate of drug-likeness (QED) is 0.679. The maximum atomic E-state index is 5.60. The van der Waals surface area contributed by atoms with Gasteiger partial charge in [0.2, 0.25) is 5.95 Å². The first-order valence-electron chi connectivity index (χ1n) is 5.76. The number of anilines is 3. The smallest absolute Gasteiger partial charge is 0.223 e. The lowest BCUT2D eigenvalue weighted by molar-refractivity contribution is 0.175. The van der Waals surface area contributed by atoms with Gasteiger partial charge in [0.15, 0.2) is 0 Å². The monoisotopic (exact) mass is 237 g/mol. The van der Waals surface area contributed by atoms with Crippen molar-refractivity contribution in [3.8, 4) is 0 Å². The molecule has 1 aromatic heterocycles. The number of nitrogens with two attached hydrogens (primary N) is 2. The molecule has 0 unspecified atom stereocenters. The Kier molecular flexibility index (Phi) is 3.33. The molecular weight excluding hydrogens is 218 g/mol. The maximum absolute atomic E-state index is 5.60. The third kappa shape index (κ3) is 3.20. The van der Waals surface area contributed by atoms with Gasteiger partial charge in [-0.3, -0.25) is 0 Å². The van der Waals surface area contributed by atoms with Crippen LogP contribution in [0.4, 0.5) is 17.6 Å². The number of hydrogen-bond acceptors (Lipinski definition) is 6. The number of ether oxygens (including phenoxy) is 1. The molecule has 1 fully saturated rings. The third-order valence-corrected chi connectivity index (χ3v) is 3.20. The van der Waals surface area contributed by atoms with E-state index in [4.69, 9.17) is 16.2 Å². The number of methoxy groups -OCH3 is 1. The summed E-state index contributed by atoms with van der Waals surface area (Å²) < 4.78 is 5.11. The van der Waals surface area contributed by atoms with E-state index in [1.165, 1.54) is 12.8 Å². The summed E-state index contributed by atoms with van der Waals surface area (Å²) in [6.45, 7) is 1.68. The number of nitrogens with zero attached hydrogens (tertiary/aromatic N) is 2. The van der Waals surface area contributed by atoms with Gasteiger partial charge in [-0.25, -0.2) is 0 Å². The second-order valence-corrected chi connectivity index (χ2v) is 4.63. The Morgan fingerprint density at radius 2 is 2.18 bits per heavy atom. The Bertz CT molecular complexity index is 371. The van der Waals surface area contributed by atoms with E-state index in [9.17, 15) is 0 Å². The molecule has 0 spiro atoms. The van der Waals surface area contributed by atoms with Crippen LogP contribution in [0.1, 0.15) is 19.3 Å². The van der Waals surface area contributed by atoms with Crippen LogP contribution in [0, 0.1) is 5.41 Å². The number of nitrogens with one attached hydrogen (secondary N) is 1. The first-order chi connectivity index (χ1) is 8.13. The average molecular weight is 237 g/mol. The van der Waals surface area contributed by atoms with E-state index >= 15 is 0 Å². The van der Waals surface area contributed by atoms with Gasteiger partial charge in [0.05, 0.1) is 0 Å². The highest BCUT2D eigenvalue weighted by Crippen LogP contribution is 2.48. The number of aromatic nitrogens is 2. The minimum Gasteiger partial charge on any atom is -0.385 e. The molecule has 0 radical (unpaired) electrons. The van der Waals surface area contributed by atoms with Gasteiger partial charge in [-0.15, -0.1) is 0 Å². The van der Waals surface area contributed by atoms with E-state index < -0.39 is 0 Å². The molecule has 1 aliphatic rings. The molecule has 1 saturated carbocycles. The molecule has 1 aromatic rings. The second kappa shape index (κ2) is 4.75. The summed E-state index contributed by atoms with van der Waals surface area (Å²) >= 11 is 0. The van der Waals surface area contributed by atoms with Crippen molar-refractivity contribution in [2.24, 2.45) is 5.41 Å². The fraction of sp³-hybridized carbons (Fsp3) is 0.636. The summed E-state index contributed by atoms with van der Waals surface area (Å²) in [5.41, 5.74) is 11.5. The number of nitrogen functional groups attached to an aromatic ring is 2. The SMILES string of the molecule is COCCC1(CNc2cc(N)nc(N)n2)CC1. The van der Waals surface area contributed by atoms with Crippen LogP contribution in [-0.4, -0.2) is 30.2 Å². The molecule has 1 heterocycles. The highest BCUT2D eigenvalue weighted by atomic mass is 16.5. The van der Waals surface area contributed by atoms with Crippen molar-refractivity contribution >= 4 is 17.6 Å². The van der Waals surface area contributed by atoms with E-state index in [0.717, 1.165) is 19.6 Å². The molecule has 0 atom stereocenters. The second-order valence-electron chi connectivity index (χ2n) is 4.63. The highest BCUT2D eigenvalue weighted by Gasteiger charge is 2.41. The van der Waals surface area contributed by atoms with E-state index in [-0.39, 0.29) is 5.95 Å². The number of hydrogen-bond donors (Lipinski definition) is 3. The average Bonchev–Trinajstić information content (AvgIpc) is 3.03. The zero-order valence-electron chi connectivity index (χ0n) is 10.1. The topological polar surface area (TPSA) is 99.1 Å². The Labute approximate surface area is 101 Å². The lowest BCUT2D eigenvalue weighted by Crippen LogP contribution is -2.18. The molecule has 6 heteroatoms. The van der Waals surface area contributed by atoms with E-state index in [1.807, 2.05) is 0 Å². The van der Waals surface area contributed by atoms with Crippen molar-refractivity contribution in [2.75, 3.05) is 37.0 Å². The Balaban J connectivity index is 1.89. The van der Waals surface area contributed by atoms with Gasteiger partial charge in [-0.05, 0) is 24.7 Å². The molecule has 94 valence electrons. The van der Waals surface area contributed by atoms with Gasteiger partial charge in [0.25, 0.3) is 0 Å². The van der Waals surface area contributed by atoms with Crippen LogP contribution in [0.25, 0.3) is 0 Å². The molecular formula is C11H19N5O. The van der Waals surface area contributed by atoms with Crippen molar-refractivity contribution in [2.45, 2.75) is 19.3 Å². The molecule has 5 N–H and O–H groups in total. The standard InChI is InChI=1S/C11H19N5O/c1-17-5-4-11(2-3-11)7-14-9-6-8(12)15-10(13)16-9/h6H,2-5,7H2,1H3,(H5,12,13,14,15,16). The summed E-state index contributed by atoms with van der Waals surface area (Å²) in [6.07, 6.45) is 3.55. The minimum absolute atomic E-state index is 0.203. The van der Waals surface area contributed by atoms with Crippen LogP contribution < -0.4 is 16.8 Å². The fourth-order valence-electron chi connectivity index (χ4n) is 1.86. The maximum Gasteiger partial charge on any atom is 0.223 e. The summed E-state index contributed by atoms with van der Waals surface area (Å²) in [5.74, 6) is 1.29. The zero-order chi connectivity index (χ0) is 12.3. The Morgan fingerprint density at radius 1 is 1.41 bits per heavy atom. The van der Waals surface area contributed by atoms with Gasteiger partial charge in [-0.2, -0.15) is 9.97 Å². The fourth-order valence-corrected chi connectivity index (χ4v) is 1.86. The summed E-state index contributed by atoms with van der Waals surface area (Å²) in [4.78, 5) is 7.92. The van der Waals surface area contributed by atoms with Gasteiger partial charge in [-0.1, -0.05) is 0 Å². The molecule has 0 amide bonds. The summed E-state index contributed by atoms with van der Waals surface area (Å²) in [7, 11) is 1.73. The van der Waals surface area contributed by atoms with Crippen LogP contribution in [0.2, 0.25) is 0 Å².